The zero-order chi connectivity index (χ0) is 60.6. The lowest BCUT2D eigenvalue weighted by molar-refractivity contribution is -0.144. The van der Waals surface area contributed by atoms with Gasteiger partial charge in [-0.2, -0.15) is 0 Å². The molecular weight excluding hydrogens is 1100 g/mol. The predicted molar refractivity (Wildman–Crippen MR) is 294 cm³/mol. The van der Waals surface area contributed by atoms with Gasteiger partial charge in [-0.3, -0.25) is 28.8 Å². The third-order valence-electron chi connectivity index (χ3n) is 12.5. The van der Waals surface area contributed by atoms with Crippen LogP contribution in [0.2, 0.25) is 0 Å². The van der Waals surface area contributed by atoms with E-state index in [0.29, 0.717) is 50.0 Å². The van der Waals surface area contributed by atoms with Crippen molar-refractivity contribution in [3.8, 4) is 0 Å². The number of hydrogen-bond donors (Lipinski definition) is 6. The molecule has 0 saturated carbocycles. The minimum atomic E-state index is -1.08. The van der Waals surface area contributed by atoms with Crippen LogP contribution in [-0.2, 0) is 73.8 Å². The number of carbonyl (C=O) groups is 10. The van der Waals surface area contributed by atoms with E-state index in [1.165, 1.54) is 61.1 Å². The fourth-order valence-corrected chi connectivity index (χ4v) is 8.08. The smallest absolute Gasteiger partial charge is 0.408 e. The van der Waals surface area contributed by atoms with Crippen LogP contribution in [0.4, 0.5) is 18.4 Å². The molecule has 0 radical (unpaired) electrons. The van der Waals surface area contributed by atoms with E-state index in [1.807, 2.05) is 0 Å². The average molecular weight is 1170 g/mol. The summed E-state index contributed by atoms with van der Waals surface area (Å²) in [7, 11) is 2.32. The second-order valence-electron chi connectivity index (χ2n) is 18.8. The Bertz CT molecular complexity index is 2750. The Hall–Kier alpha value is -9.62. The Balaban J connectivity index is 1.23. The van der Waals surface area contributed by atoms with Crippen LogP contribution in [-0.4, -0.2) is 148 Å². The number of nitrogens with one attached hydrogen (secondary N) is 6. The lowest BCUT2D eigenvalue weighted by Gasteiger charge is -2.24. The van der Waals surface area contributed by atoms with Crippen LogP contribution in [0.25, 0.3) is 0 Å². The molecule has 84 heavy (non-hydrogen) atoms. The number of rotatable bonds is 34. The molecule has 2 heterocycles. The van der Waals surface area contributed by atoms with Crippen molar-refractivity contribution in [3.05, 3.63) is 155 Å². The highest BCUT2D eigenvalue weighted by atomic mass is 19.1. The van der Waals surface area contributed by atoms with Crippen LogP contribution in [0.1, 0.15) is 81.9 Å². The number of hydrogen-bond acceptors (Lipinski definition) is 16. The monoisotopic (exact) mass is 1170 g/mol. The summed E-state index contributed by atoms with van der Waals surface area (Å²) in [5.74, 6) is -5.92. The zero-order valence-corrected chi connectivity index (χ0v) is 46.5. The summed E-state index contributed by atoms with van der Waals surface area (Å²) in [4.78, 5) is 134. The summed E-state index contributed by atoms with van der Waals surface area (Å²) in [6, 6.07) is 20.8. The van der Waals surface area contributed by atoms with Crippen LogP contribution in [0.3, 0.4) is 0 Å². The molecule has 0 aliphatic carbocycles. The molecule has 0 fully saturated rings. The fraction of sp³-hybridized carbons (Fsp3) is 0.379. The van der Waals surface area contributed by atoms with Gasteiger partial charge in [0.1, 0.15) is 61.4 Å². The van der Waals surface area contributed by atoms with Crippen molar-refractivity contribution in [2.24, 2.45) is 0 Å². The second kappa shape index (κ2) is 35.3. The van der Waals surface area contributed by atoms with Crippen molar-refractivity contribution in [1.82, 2.24) is 41.7 Å². The maximum absolute atomic E-state index is 14.3. The SMILES string of the molecule is COC(=O)[C@H](CCCCNC(=O)CN(CC(=O)NCCc1ccc(F)cc1)C(=O)c1cccc(C(=O)N(CC(=O)NCCCC[C@H](NC(=O)OCc2ccco2)C(=O)OC)CC(=O)NCCc2ccc(F)cc2)c1)NC(=O)OCc1ccco1. The van der Waals surface area contributed by atoms with Crippen LogP contribution >= 0.6 is 0 Å². The molecular formula is C58H68F2N8O16. The van der Waals surface area contributed by atoms with Gasteiger partial charge < -0.3 is 69.5 Å². The Morgan fingerprint density at radius 2 is 0.845 bits per heavy atom. The van der Waals surface area contributed by atoms with Gasteiger partial charge in [0.2, 0.25) is 23.6 Å². The van der Waals surface area contributed by atoms with Crippen molar-refractivity contribution in [2.45, 2.75) is 76.7 Å². The van der Waals surface area contributed by atoms with E-state index in [9.17, 15) is 56.7 Å². The lowest BCUT2D eigenvalue weighted by Crippen LogP contribution is -2.47. The van der Waals surface area contributed by atoms with Crippen molar-refractivity contribution in [2.75, 3.05) is 66.6 Å². The Labute approximate surface area is 482 Å². The molecule has 2 aromatic heterocycles. The Morgan fingerprint density at radius 1 is 0.476 bits per heavy atom. The highest BCUT2D eigenvalue weighted by molar-refractivity contribution is 6.03. The molecule has 0 spiro atoms. The minimum absolute atomic E-state index is 0.0499. The van der Waals surface area contributed by atoms with Gasteiger partial charge in [-0.15, -0.1) is 0 Å². The third-order valence-corrected chi connectivity index (χ3v) is 12.5. The molecule has 0 bridgehead atoms. The van der Waals surface area contributed by atoms with Crippen LogP contribution in [0.15, 0.2) is 118 Å². The molecule has 3 aromatic carbocycles. The molecule has 26 heteroatoms. The van der Waals surface area contributed by atoms with Gasteiger partial charge >= 0.3 is 24.1 Å². The van der Waals surface area contributed by atoms with Crippen molar-refractivity contribution in [3.63, 3.8) is 0 Å². The predicted octanol–water partition coefficient (Wildman–Crippen LogP) is 4.26. The van der Waals surface area contributed by atoms with E-state index in [0.717, 1.165) is 35.1 Å². The van der Waals surface area contributed by atoms with E-state index in [2.05, 4.69) is 31.9 Å². The van der Waals surface area contributed by atoms with Crippen LogP contribution < -0.4 is 31.9 Å². The molecule has 450 valence electrons. The maximum Gasteiger partial charge on any atom is 0.408 e. The van der Waals surface area contributed by atoms with Gasteiger partial charge in [0.15, 0.2) is 13.2 Å². The topological polar surface area (TPSA) is 313 Å². The lowest BCUT2D eigenvalue weighted by atomic mass is 10.1. The number of amides is 8. The molecule has 6 N–H and O–H groups in total. The first-order valence-electron chi connectivity index (χ1n) is 26.8. The quantitative estimate of drug-likeness (QED) is 0.0190. The number of furan rings is 2. The first-order chi connectivity index (χ1) is 40.5. The summed E-state index contributed by atoms with van der Waals surface area (Å²) < 4.78 is 57.2. The molecule has 2 atom stereocenters. The summed E-state index contributed by atoms with van der Waals surface area (Å²) in [6.07, 6.45) is 3.10. The Kier molecular flexibility index (Phi) is 27.4. The van der Waals surface area contributed by atoms with Gasteiger partial charge in [-0.05, 0) is 129 Å². The Morgan fingerprint density at radius 3 is 1.19 bits per heavy atom. The van der Waals surface area contributed by atoms with E-state index < -0.39 is 109 Å². The van der Waals surface area contributed by atoms with Gasteiger partial charge in [0.05, 0.1) is 26.7 Å². The molecule has 5 aromatic rings. The summed E-state index contributed by atoms with van der Waals surface area (Å²) >= 11 is 0. The molecule has 0 saturated heterocycles. The summed E-state index contributed by atoms with van der Waals surface area (Å²) in [5, 5.41) is 15.6. The van der Waals surface area contributed by atoms with E-state index in [-0.39, 0.29) is 63.4 Å². The van der Waals surface area contributed by atoms with Crippen LogP contribution in [0.5, 0.6) is 0 Å². The van der Waals surface area contributed by atoms with Crippen molar-refractivity contribution < 1.29 is 84.5 Å². The number of alkyl carbamates (subject to hydrolysis) is 2. The summed E-state index contributed by atoms with van der Waals surface area (Å²) in [5.41, 5.74) is 1.15. The number of benzene rings is 3. The van der Waals surface area contributed by atoms with E-state index >= 15 is 0 Å². The average Bonchev–Trinajstić information content (AvgIpc) is 4.24. The number of nitrogens with zero attached hydrogens (tertiary/aromatic N) is 2. The van der Waals surface area contributed by atoms with Gasteiger partial charge in [0.25, 0.3) is 11.8 Å². The number of methoxy groups -OCH3 is 2. The third kappa shape index (κ3) is 23.8. The zero-order valence-electron chi connectivity index (χ0n) is 46.5. The highest BCUT2D eigenvalue weighted by Gasteiger charge is 2.27. The standard InChI is InChI=1S/C58H68F2N8O16/c1-79-55(75)47(65-57(77)83-37-45-12-8-30-81-45)14-3-5-26-61-49(69)33-67(35-51(71)63-28-24-39-16-20-43(59)21-17-39)53(73)41-10-7-11-42(32-41)54(74)68(36-52(72)64-29-25-40-18-22-44(60)23-19-40)34-50(70)62-27-6-4-15-48(56(76)80-2)66-58(78)84-38-46-13-9-31-82-46/h7-13,16-23,30-32,47-48H,3-6,14-15,24-29,33-38H2,1-2H3,(H,61,69)(H,62,70)(H,63,71)(H,64,72)(H,65,77)(H,66,78)/t47-,48-/m0/s1. The largest absolute Gasteiger partial charge is 0.467 e. The second-order valence-corrected chi connectivity index (χ2v) is 18.8. The van der Waals surface area contributed by atoms with Gasteiger partial charge in [0, 0.05) is 37.3 Å². The van der Waals surface area contributed by atoms with E-state index in [1.54, 1.807) is 48.5 Å². The minimum Gasteiger partial charge on any atom is -0.467 e. The molecule has 8 amide bonds. The highest BCUT2D eigenvalue weighted by Crippen LogP contribution is 2.14. The normalized spacial score (nSPS) is 11.4. The first-order valence-corrected chi connectivity index (χ1v) is 26.8. The van der Waals surface area contributed by atoms with Crippen molar-refractivity contribution >= 4 is 59.6 Å². The summed E-state index contributed by atoms with van der Waals surface area (Å²) in [6.45, 7) is -2.59. The molecule has 0 unspecified atom stereocenters. The number of esters is 2. The number of ether oxygens (including phenoxy) is 4. The molecule has 0 aliphatic heterocycles. The van der Waals surface area contributed by atoms with Gasteiger partial charge in [-0.1, -0.05) is 30.3 Å². The van der Waals surface area contributed by atoms with E-state index in [4.69, 9.17) is 27.8 Å². The van der Waals surface area contributed by atoms with Crippen molar-refractivity contribution in [1.29, 1.82) is 0 Å². The van der Waals surface area contributed by atoms with Crippen LogP contribution in [0, 0.1) is 11.6 Å². The van der Waals surface area contributed by atoms with Gasteiger partial charge in [-0.25, -0.2) is 28.0 Å². The molecule has 5 rings (SSSR count). The number of carbonyl (C=O) groups excluding carboxylic acids is 10. The maximum atomic E-state index is 14.3. The first kappa shape index (κ1) is 65.2. The molecule has 24 nitrogen and oxygen atoms in total. The fourth-order valence-electron chi connectivity index (χ4n) is 8.08. The molecule has 0 aliphatic rings. The number of unbranched alkanes of at least 4 members (excludes halogenated alkanes) is 2. The number of halogens is 2.